The average molecular weight is 340 g/mol. The van der Waals surface area contributed by atoms with Gasteiger partial charge in [0.25, 0.3) is 0 Å². The Morgan fingerprint density at radius 2 is 1.56 bits per heavy atom. The number of hydrogen-bond donors (Lipinski definition) is 2. The first kappa shape index (κ1) is 18.8. The van der Waals surface area contributed by atoms with Gasteiger partial charge in [-0.2, -0.15) is 0 Å². The number of carbonyl (C=O) groups excluding carboxylic acids is 1. The van der Waals surface area contributed by atoms with Crippen LogP contribution < -0.4 is 15.4 Å². The molecule has 4 nitrogen and oxygen atoms in total. The second-order valence-electron chi connectivity index (χ2n) is 6.90. The summed E-state index contributed by atoms with van der Waals surface area (Å²) in [6.45, 7) is 10.5. The van der Waals surface area contributed by atoms with Crippen LogP contribution in [0, 0.1) is 6.92 Å². The molecule has 0 aromatic heterocycles. The van der Waals surface area contributed by atoms with Gasteiger partial charge in [0.15, 0.2) is 0 Å². The van der Waals surface area contributed by atoms with Crippen molar-refractivity contribution in [3.05, 3.63) is 53.1 Å². The van der Waals surface area contributed by atoms with E-state index in [1.807, 2.05) is 25.1 Å². The molecular formula is C21H28N2O2. The van der Waals surface area contributed by atoms with E-state index in [9.17, 15) is 4.79 Å². The lowest BCUT2D eigenvalue weighted by molar-refractivity contribution is 0.262. The van der Waals surface area contributed by atoms with E-state index < -0.39 is 0 Å². The van der Waals surface area contributed by atoms with Crippen LogP contribution in [-0.4, -0.2) is 13.1 Å². The number of rotatable bonds is 5. The third-order valence-corrected chi connectivity index (χ3v) is 4.22. The molecule has 25 heavy (non-hydrogen) atoms. The van der Waals surface area contributed by atoms with Gasteiger partial charge in [-0.15, -0.1) is 0 Å². The van der Waals surface area contributed by atoms with E-state index in [1.54, 1.807) is 7.11 Å². The highest BCUT2D eigenvalue weighted by atomic mass is 16.5. The molecule has 0 fully saturated rings. The quantitative estimate of drug-likeness (QED) is 0.712. The summed E-state index contributed by atoms with van der Waals surface area (Å²) in [6.07, 6.45) is 0. The summed E-state index contributed by atoms with van der Waals surface area (Å²) in [5.74, 6) is 1.29. The minimum Gasteiger partial charge on any atom is -0.495 e. The Balaban J connectivity index is 2.29. The fourth-order valence-electron chi connectivity index (χ4n) is 2.86. The summed E-state index contributed by atoms with van der Waals surface area (Å²) in [7, 11) is 1.60. The lowest BCUT2D eigenvalue weighted by Gasteiger charge is -2.20. The van der Waals surface area contributed by atoms with Crippen molar-refractivity contribution in [2.45, 2.75) is 46.5 Å². The summed E-state index contributed by atoms with van der Waals surface area (Å²) in [5.41, 5.74) is 4.90. The molecule has 0 aliphatic heterocycles. The fourth-order valence-corrected chi connectivity index (χ4v) is 2.86. The molecule has 2 N–H and O–H groups in total. The molecule has 0 aliphatic rings. The standard InChI is InChI=1S/C21H28N2O2/c1-13(2)16-8-7-9-17(14(3)4)20(16)23-21(24)22-18-11-10-15(5)12-19(18)25-6/h7-14H,1-6H3,(H2,22,23,24). The minimum atomic E-state index is -0.267. The maximum Gasteiger partial charge on any atom is 0.323 e. The highest BCUT2D eigenvalue weighted by Gasteiger charge is 2.16. The van der Waals surface area contributed by atoms with Crippen molar-refractivity contribution in [2.24, 2.45) is 0 Å². The van der Waals surface area contributed by atoms with Crippen molar-refractivity contribution in [3.8, 4) is 5.75 Å². The number of anilines is 2. The Bertz CT molecular complexity index is 725. The first-order chi connectivity index (χ1) is 11.8. The number of amides is 2. The third-order valence-electron chi connectivity index (χ3n) is 4.22. The largest absolute Gasteiger partial charge is 0.495 e. The molecule has 0 aliphatic carbocycles. The molecule has 0 heterocycles. The number of benzene rings is 2. The first-order valence-corrected chi connectivity index (χ1v) is 8.69. The predicted octanol–water partition coefficient (Wildman–Crippen LogP) is 5.89. The van der Waals surface area contributed by atoms with Gasteiger partial charge in [-0.3, -0.25) is 0 Å². The summed E-state index contributed by atoms with van der Waals surface area (Å²) in [4.78, 5) is 12.6. The Morgan fingerprint density at radius 1 is 0.960 bits per heavy atom. The van der Waals surface area contributed by atoms with E-state index >= 15 is 0 Å². The van der Waals surface area contributed by atoms with Gasteiger partial charge in [0, 0.05) is 5.69 Å². The number of aryl methyl sites for hydroxylation is 1. The Kier molecular flexibility index (Phi) is 6.07. The van der Waals surface area contributed by atoms with Crippen LogP contribution in [0.2, 0.25) is 0 Å². The summed E-state index contributed by atoms with van der Waals surface area (Å²) >= 11 is 0. The van der Waals surface area contributed by atoms with Crippen LogP contribution in [0.15, 0.2) is 36.4 Å². The molecule has 2 rings (SSSR count). The molecule has 134 valence electrons. The highest BCUT2D eigenvalue weighted by molar-refractivity contribution is 6.01. The van der Waals surface area contributed by atoms with Crippen molar-refractivity contribution >= 4 is 17.4 Å². The molecule has 0 bridgehead atoms. The zero-order chi connectivity index (χ0) is 18.6. The predicted molar refractivity (Wildman–Crippen MR) is 105 cm³/mol. The first-order valence-electron chi connectivity index (χ1n) is 8.69. The molecular weight excluding hydrogens is 312 g/mol. The van der Waals surface area contributed by atoms with Crippen molar-refractivity contribution in [2.75, 3.05) is 17.7 Å². The topological polar surface area (TPSA) is 50.4 Å². The van der Waals surface area contributed by atoms with Crippen LogP contribution in [0.25, 0.3) is 0 Å². The van der Waals surface area contributed by atoms with Gasteiger partial charge in [0.05, 0.1) is 12.8 Å². The second-order valence-corrected chi connectivity index (χ2v) is 6.90. The van der Waals surface area contributed by atoms with Gasteiger partial charge >= 0.3 is 6.03 Å². The number of ether oxygens (including phenoxy) is 1. The van der Waals surface area contributed by atoms with Crippen molar-refractivity contribution < 1.29 is 9.53 Å². The maximum absolute atomic E-state index is 12.6. The van der Waals surface area contributed by atoms with Crippen molar-refractivity contribution in [1.29, 1.82) is 0 Å². The van der Waals surface area contributed by atoms with Crippen LogP contribution in [-0.2, 0) is 0 Å². The van der Waals surface area contributed by atoms with Gasteiger partial charge in [-0.05, 0) is 47.6 Å². The molecule has 0 saturated carbocycles. The maximum atomic E-state index is 12.6. The third kappa shape index (κ3) is 4.53. The smallest absolute Gasteiger partial charge is 0.323 e. The normalized spacial score (nSPS) is 10.9. The fraction of sp³-hybridized carbons (Fsp3) is 0.381. The van der Waals surface area contributed by atoms with E-state index in [0.717, 1.165) is 22.4 Å². The number of para-hydroxylation sites is 1. The number of methoxy groups -OCH3 is 1. The number of nitrogens with one attached hydrogen (secondary N) is 2. The van der Waals surface area contributed by atoms with Crippen molar-refractivity contribution in [1.82, 2.24) is 0 Å². The van der Waals surface area contributed by atoms with E-state index in [4.69, 9.17) is 4.74 Å². The summed E-state index contributed by atoms with van der Waals surface area (Å²) in [6, 6.07) is 11.6. The van der Waals surface area contributed by atoms with E-state index in [1.165, 1.54) is 0 Å². The monoisotopic (exact) mass is 340 g/mol. The van der Waals surface area contributed by atoms with E-state index in [0.29, 0.717) is 23.3 Å². The zero-order valence-electron chi connectivity index (χ0n) is 15.9. The van der Waals surface area contributed by atoms with E-state index in [-0.39, 0.29) is 6.03 Å². The number of hydrogen-bond acceptors (Lipinski definition) is 2. The van der Waals surface area contributed by atoms with Gasteiger partial charge in [0.2, 0.25) is 0 Å². The van der Waals surface area contributed by atoms with Crippen LogP contribution in [0.3, 0.4) is 0 Å². The SMILES string of the molecule is COc1cc(C)ccc1NC(=O)Nc1c(C(C)C)cccc1C(C)C. The van der Waals surface area contributed by atoms with Crippen LogP contribution in [0.1, 0.15) is 56.2 Å². The molecule has 0 spiro atoms. The summed E-state index contributed by atoms with van der Waals surface area (Å²) < 4.78 is 5.36. The van der Waals surface area contributed by atoms with Gasteiger partial charge in [-0.25, -0.2) is 4.79 Å². The highest BCUT2D eigenvalue weighted by Crippen LogP contribution is 2.33. The summed E-state index contributed by atoms with van der Waals surface area (Å²) in [5, 5.41) is 5.95. The number of carbonyl (C=O) groups is 1. The average Bonchev–Trinajstić information content (AvgIpc) is 2.56. The second kappa shape index (κ2) is 8.06. The zero-order valence-corrected chi connectivity index (χ0v) is 15.9. The molecule has 4 heteroatoms. The minimum absolute atomic E-state index is 0.267. The molecule has 0 radical (unpaired) electrons. The van der Waals surface area contributed by atoms with Gasteiger partial charge < -0.3 is 15.4 Å². The lowest BCUT2D eigenvalue weighted by atomic mass is 9.93. The van der Waals surface area contributed by atoms with Crippen molar-refractivity contribution in [3.63, 3.8) is 0 Å². The van der Waals surface area contributed by atoms with Gasteiger partial charge in [-0.1, -0.05) is 52.0 Å². The van der Waals surface area contributed by atoms with E-state index in [2.05, 4.69) is 56.5 Å². The molecule has 0 atom stereocenters. The molecule has 0 saturated heterocycles. The van der Waals surface area contributed by atoms with Crippen LogP contribution in [0.5, 0.6) is 5.75 Å². The molecule has 2 aromatic carbocycles. The van der Waals surface area contributed by atoms with Gasteiger partial charge in [0.1, 0.15) is 5.75 Å². The molecule has 2 aromatic rings. The van der Waals surface area contributed by atoms with Crippen LogP contribution in [0.4, 0.5) is 16.2 Å². The Labute approximate surface area is 150 Å². The molecule has 0 unspecified atom stereocenters. The van der Waals surface area contributed by atoms with Crippen LogP contribution >= 0.6 is 0 Å². The Hall–Kier alpha value is -2.49. The Morgan fingerprint density at radius 3 is 2.08 bits per heavy atom. The molecule has 2 amide bonds. The lowest BCUT2D eigenvalue weighted by Crippen LogP contribution is -2.22. The number of urea groups is 1.